The van der Waals surface area contributed by atoms with Gasteiger partial charge in [0, 0.05) is 33.8 Å². The van der Waals surface area contributed by atoms with E-state index in [1.54, 1.807) is 60.6 Å². The summed E-state index contributed by atoms with van der Waals surface area (Å²) >= 11 is 5.97. The van der Waals surface area contributed by atoms with E-state index in [0.717, 1.165) is 22.0 Å². The van der Waals surface area contributed by atoms with E-state index in [2.05, 4.69) is 5.32 Å². The van der Waals surface area contributed by atoms with Crippen molar-refractivity contribution in [3.63, 3.8) is 0 Å². The molecule has 4 rings (SSSR count). The number of amides is 1. The van der Waals surface area contributed by atoms with E-state index in [1.165, 1.54) is 0 Å². The Kier molecular flexibility index (Phi) is 5.82. The van der Waals surface area contributed by atoms with Crippen LogP contribution >= 0.6 is 11.6 Å². The third-order valence-corrected chi connectivity index (χ3v) is 5.50. The number of hydrogen-bond donors (Lipinski definition) is 1. The van der Waals surface area contributed by atoms with Gasteiger partial charge in [-0.05, 0) is 61.0 Å². The molecular formula is C24H21ClN2O4. The molecule has 1 N–H and O–H groups in total. The molecule has 0 aliphatic heterocycles. The number of methoxy groups -OCH3 is 1. The van der Waals surface area contributed by atoms with Crippen LogP contribution in [0.2, 0.25) is 5.02 Å². The molecule has 0 saturated carbocycles. The summed E-state index contributed by atoms with van der Waals surface area (Å²) in [6.07, 6.45) is 3.29. The number of halogens is 1. The Labute approximate surface area is 184 Å². The largest absolute Gasteiger partial charge is 0.497 e. The highest BCUT2D eigenvalue weighted by molar-refractivity contribution is 6.30. The first-order chi connectivity index (χ1) is 15.0. The molecule has 2 heterocycles. The standard InChI is InChI=1S/C24H21ClN2O4/c1-15-20(12-23(28)26-13-16-9-10-31-14-16)21-11-19(30-2)7-8-22(21)27(15)24(29)17-3-5-18(25)6-4-17/h3-11,14H,12-13H2,1-2H3,(H,26,28). The summed E-state index contributed by atoms with van der Waals surface area (Å²) in [4.78, 5) is 26.0. The first-order valence-electron chi connectivity index (χ1n) is 9.74. The van der Waals surface area contributed by atoms with Crippen molar-refractivity contribution < 1.29 is 18.7 Å². The van der Waals surface area contributed by atoms with Crippen LogP contribution in [0.1, 0.15) is 27.2 Å². The molecule has 0 bridgehead atoms. The molecule has 0 unspecified atom stereocenters. The molecule has 31 heavy (non-hydrogen) atoms. The van der Waals surface area contributed by atoms with Crippen molar-refractivity contribution in [1.82, 2.24) is 9.88 Å². The van der Waals surface area contributed by atoms with Gasteiger partial charge in [-0.15, -0.1) is 0 Å². The minimum Gasteiger partial charge on any atom is -0.497 e. The predicted octanol–water partition coefficient (Wildman–Crippen LogP) is 4.75. The van der Waals surface area contributed by atoms with Crippen LogP contribution in [0.4, 0.5) is 0 Å². The lowest BCUT2D eigenvalue weighted by Gasteiger charge is -2.08. The monoisotopic (exact) mass is 436 g/mol. The first-order valence-corrected chi connectivity index (χ1v) is 10.1. The van der Waals surface area contributed by atoms with Gasteiger partial charge >= 0.3 is 0 Å². The normalized spacial score (nSPS) is 10.9. The molecule has 2 aromatic carbocycles. The molecule has 0 saturated heterocycles. The molecular weight excluding hydrogens is 416 g/mol. The van der Waals surface area contributed by atoms with Gasteiger partial charge in [0.2, 0.25) is 5.91 Å². The lowest BCUT2D eigenvalue weighted by molar-refractivity contribution is -0.120. The van der Waals surface area contributed by atoms with Crippen molar-refractivity contribution in [3.05, 3.63) is 88.5 Å². The Morgan fingerprint density at radius 1 is 1.13 bits per heavy atom. The Balaban J connectivity index is 1.72. The lowest BCUT2D eigenvalue weighted by atomic mass is 10.1. The van der Waals surface area contributed by atoms with Crippen LogP contribution in [-0.4, -0.2) is 23.5 Å². The summed E-state index contributed by atoms with van der Waals surface area (Å²) in [7, 11) is 1.58. The number of hydrogen-bond acceptors (Lipinski definition) is 4. The van der Waals surface area contributed by atoms with E-state index in [1.807, 2.05) is 19.1 Å². The molecule has 0 aliphatic rings. The Morgan fingerprint density at radius 2 is 1.90 bits per heavy atom. The highest BCUT2D eigenvalue weighted by atomic mass is 35.5. The van der Waals surface area contributed by atoms with Crippen molar-refractivity contribution in [2.75, 3.05) is 7.11 Å². The fourth-order valence-corrected chi connectivity index (χ4v) is 3.74. The molecule has 2 aromatic heterocycles. The van der Waals surface area contributed by atoms with E-state index in [9.17, 15) is 9.59 Å². The zero-order valence-electron chi connectivity index (χ0n) is 17.1. The van der Waals surface area contributed by atoms with Crippen LogP contribution in [0.25, 0.3) is 10.9 Å². The summed E-state index contributed by atoms with van der Waals surface area (Å²) in [6, 6.07) is 14.0. The molecule has 1 amide bonds. The van der Waals surface area contributed by atoms with Gasteiger partial charge in [0.25, 0.3) is 5.91 Å². The number of nitrogens with zero attached hydrogens (tertiary/aromatic N) is 1. The molecule has 0 atom stereocenters. The van der Waals surface area contributed by atoms with Gasteiger partial charge < -0.3 is 14.5 Å². The molecule has 0 fully saturated rings. The van der Waals surface area contributed by atoms with E-state index >= 15 is 0 Å². The summed E-state index contributed by atoms with van der Waals surface area (Å²) < 4.78 is 12.0. The fourth-order valence-electron chi connectivity index (χ4n) is 3.61. The highest BCUT2D eigenvalue weighted by Gasteiger charge is 2.22. The Morgan fingerprint density at radius 3 is 2.58 bits per heavy atom. The van der Waals surface area contributed by atoms with E-state index in [0.29, 0.717) is 28.6 Å². The Bertz CT molecular complexity index is 1240. The van der Waals surface area contributed by atoms with Gasteiger partial charge in [0.15, 0.2) is 0 Å². The van der Waals surface area contributed by atoms with Crippen molar-refractivity contribution in [2.24, 2.45) is 0 Å². The van der Waals surface area contributed by atoms with Crippen LogP contribution in [0.15, 0.2) is 65.5 Å². The Hall–Kier alpha value is -3.51. The maximum atomic E-state index is 13.3. The number of carbonyl (C=O) groups excluding carboxylic acids is 2. The number of furan rings is 1. The second kappa shape index (κ2) is 8.70. The van der Waals surface area contributed by atoms with Gasteiger partial charge in [-0.25, -0.2) is 0 Å². The van der Waals surface area contributed by atoms with Crippen molar-refractivity contribution in [3.8, 4) is 5.75 Å². The minimum atomic E-state index is -0.186. The molecule has 158 valence electrons. The summed E-state index contributed by atoms with van der Waals surface area (Å²) in [5.74, 6) is 0.322. The van der Waals surface area contributed by atoms with Crippen LogP contribution in [0.5, 0.6) is 5.75 Å². The number of carbonyl (C=O) groups is 2. The molecule has 0 spiro atoms. The maximum absolute atomic E-state index is 13.3. The average molecular weight is 437 g/mol. The molecule has 4 aromatic rings. The number of nitrogens with one attached hydrogen (secondary N) is 1. The van der Waals surface area contributed by atoms with Crippen LogP contribution < -0.4 is 10.1 Å². The molecule has 0 radical (unpaired) electrons. The van der Waals surface area contributed by atoms with Crippen molar-refractivity contribution in [1.29, 1.82) is 0 Å². The second-order valence-electron chi connectivity index (χ2n) is 7.18. The SMILES string of the molecule is COc1ccc2c(c1)c(CC(=O)NCc1ccoc1)c(C)n2C(=O)c1ccc(Cl)cc1. The molecule has 7 heteroatoms. The third kappa shape index (κ3) is 4.20. The lowest BCUT2D eigenvalue weighted by Crippen LogP contribution is -2.24. The fraction of sp³-hybridized carbons (Fsp3) is 0.167. The number of rotatable bonds is 6. The number of aromatic nitrogens is 1. The smallest absolute Gasteiger partial charge is 0.262 e. The second-order valence-corrected chi connectivity index (χ2v) is 7.62. The number of ether oxygens (including phenoxy) is 1. The van der Waals surface area contributed by atoms with E-state index in [-0.39, 0.29) is 18.2 Å². The first kappa shape index (κ1) is 20.8. The molecule has 6 nitrogen and oxygen atoms in total. The van der Waals surface area contributed by atoms with Gasteiger partial charge in [0.05, 0.1) is 31.6 Å². The highest BCUT2D eigenvalue weighted by Crippen LogP contribution is 2.31. The van der Waals surface area contributed by atoms with Gasteiger partial charge in [0.1, 0.15) is 5.75 Å². The van der Waals surface area contributed by atoms with Gasteiger partial charge in [-0.2, -0.15) is 0 Å². The quantitative estimate of drug-likeness (QED) is 0.473. The predicted molar refractivity (Wildman–Crippen MR) is 119 cm³/mol. The van der Waals surface area contributed by atoms with Crippen LogP contribution in [0.3, 0.4) is 0 Å². The zero-order valence-corrected chi connectivity index (χ0v) is 17.9. The van der Waals surface area contributed by atoms with Gasteiger partial charge in [-0.1, -0.05) is 11.6 Å². The number of benzene rings is 2. The van der Waals surface area contributed by atoms with Crippen molar-refractivity contribution >= 4 is 34.3 Å². The van der Waals surface area contributed by atoms with Gasteiger partial charge in [-0.3, -0.25) is 14.2 Å². The minimum absolute atomic E-state index is 0.133. The summed E-state index contributed by atoms with van der Waals surface area (Å²) in [5.41, 5.74) is 3.60. The van der Waals surface area contributed by atoms with Crippen LogP contribution in [0, 0.1) is 6.92 Å². The van der Waals surface area contributed by atoms with Crippen molar-refractivity contribution in [2.45, 2.75) is 19.9 Å². The maximum Gasteiger partial charge on any atom is 0.262 e. The summed E-state index contributed by atoms with van der Waals surface area (Å²) in [5, 5.41) is 4.26. The van der Waals surface area contributed by atoms with E-state index < -0.39 is 0 Å². The molecule has 0 aliphatic carbocycles. The number of fused-ring (bicyclic) bond motifs is 1. The summed E-state index contributed by atoms with van der Waals surface area (Å²) in [6.45, 7) is 2.22. The average Bonchev–Trinajstić information content (AvgIpc) is 3.39. The topological polar surface area (TPSA) is 73.5 Å². The van der Waals surface area contributed by atoms with Crippen LogP contribution in [-0.2, 0) is 17.8 Å². The third-order valence-electron chi connectivity index (χ3n) is 5.24. The van der Waals surface area contributed by atoms with E-state index in [4.69, 9.17) is 20.8 Å². The zero-order chi connectivity index (χ0) is 22.0.